The predicted octanol–water partition coefficient (Wildman–Crippen LogP) is 1.49. The fraction of sp³-hybridized carbons (Fsp3) is 0.529. The van der Waals surface area contributed by atoms with Gasteiger partial charge in [0.1, 0.15) is 17.7 Å². The minimum absolute atomic E-state index is 0.0736. The highest BCUT2D eigenvalue weighted by atomic mass is 32.2. The summed E-state index contributed by atoms with van der Waals surface area (Å²) in [4.78, 5) is 24.7. The van der Waals surface area contributed by atoms with Crippen LogP contribution in [-0.2, 0) is 11.8 Å². The smallest absolute Gasteiger partial charge is 0.349 e. The Morgan fingerprint density at radius 1 is 1.42 bits per heavy atom. The summed E-state index contributed by atoms with van der Waals surface area (Å²) in [5.41, 5.74) is 0.135. The second-order valence-corrected chi connectivity index (χ2v) is 7.27. The number of amides is 1. The summed E-state index contributed by atoms with van der Waals surface area (Å²) in [6, 6.07) is 1.81. The van der Waals surface area contributed by atoms with E-state index in [1.54, 1.807) is 23.9 Å². The molecule has 2 aromatic rings. The van der Waals surface area contributed by atoms with Crippen molar-refractivity contribution in [1.82, 2.24) is 20.1 Å². The van der Waals surface area contributed by atoms with Crippen LogP contribution in [0.3, 0.4) is 0 Å². The second-order valence-electron chi connectivity index (χ2n) is 6.21. The summed E-state index contributed by atoms with van der Waals surface area (Å²) >= 11 is 1.48. The van der Waals surface area contributed by atoms with Crippen LogP contribution in [0, 0.1) is 6.92 Å². The van der Waals surface area contributed by atoms with E-state index in [0.29, 0.717) is 36.8 Å². The predicted molar refractivity (Wildman–Crippen MR) is 96.6 cm³/mol. The zero-order valence-corrected chi connectivity index (χ0v) is 15.7. The van der Waals surface area contributed by atoms with Crippen LogP contribution in [0.4, 0.5) is 0 Å². The number of ether oxygens (including phenoxy) is 1. The van der Waals surface area contributed by atoms with Gasteiger partial charge in [0, 0.05) is 38.5 Å². The van der Waals surface area contributed by atoms with Crippen molar-refractivity contribution in [2.75, 3.05) is 25.5 Å². The number of carbonyl (C=O) groups excluding carboxylic acids is 1. The Labute approximate surface area is 155 Å². The molecule has 9 heteroatoms. The molecule has 1 aliphatic rings. The van der Waals surface area contributed by atoms with Gasteiger partial charge in [0.15, 0.2) is 5.16 Å². The van der Waals surface area contributed by atoms with Gasteiger partial charge in [-0.3, -0.25) is 4.79 Å². The zero-order chi connectivity index (χ0) is 18.5. The molecule has 1 fully saturated rings. The quantitative estimate of drug-likeness (QED) is 0.600. The first-order chi connectivity index (χ1) is 12.6. The number of hydrogen-bond donors (Lipinski definition) is 1. The van der Waals surface area contributed by atoms with Crippen molar-refractivity contribution < 1.29 is 13.9 Å². The average Bonchev–Trinajstić information content (AvgIpc) is 3.04. The minimum atomic E-state index is -0.579. The van der Waals surface area contributed by atoms with Crippen LogP contribution in [0.15, 0.2) is 26.8 Å². The monoisotopic (exact) mass is 378 g/mol. The van der Waals surface area contributed by atoms with Gasteiger partial charge >= 0.3 is 5.63 Å². The molecular weight excluding hydrogens is 356 g/mol. The van der Waals surface area contributed by atoms with E-state index in [1.165, 1.54) is 11.8 Å². The fourth-order valence-electron chi connectivity index (χ4n) is 2.89. The average molecular weight is 378 g/mol. The SMILES string of the molecule is Cc1cc(C2CCOCC2)oc(=O)c1C(=O)NCCSc1nncn1C. The van der Waals surface area contributed by atoms with Crippen molar-refractivity contribution >= 4 is 17.7 Å². The Morgan fingerprint density at radius 3 is 2.85 bits per heavy atom. The standard InChI is InChI=1S/C17H22N4O4S/c1-11-9-13(12-3-6-24-7-4-12)25-16(23)14(11)15(22)18-5-8-26-17-20-19-10-21(17)2/h9-10,12H,3-8H2,1-2H3,(H,18,22). The largest absolute Gasteiger partial charge is 0.427 e. The van der Waals surface area contributed by atoms with E-state index in [4.69, 9.17) is 9.15 Å². The molecule has 1 amide bonds. The molecule has 2 aromatic heterocycles. The molecule has 140 valence electrons. The Morgan fingerprint density at radius 2 is 2.19 bits per heavy atom. The van der Waals surface area contributed by atoms with Gasteiger partial charge < -0.3 is 19.0 Å². The maximum absolute atomic E-state index is 12.4. The molecule has 26 heavy (non-hydrogen) atoms. The van der Waals surface area contributed by atoms with Gasteiger partial charge in [0.25, 0.3) is 5.91 Å². The van der Waals surface area contributed by atoms with Crippen molar-refractivity contribution in [2.45, 2.75) is 30.8 Å². The second kappa shape index (κ2) is 8.50. The van der Waals surface area contributed by atoms with Crippen molar-refractivity contribution in [3.05, 3.63) is 39.7 Å². The Bertz CT molecular complexity index is 826. The van der Waals surface area contributed by atoms with Crippen LogP contribution in [0.2, 0.25) is 0 Å². The van der Waals surface area contributed by atoms with E-state index in [-0.39, 0.29) is 11.5 Å². The normalized spacial score (nSPS) is 15.2. The van der Waals surface area contributed by atoms with Crippen molar-refractivity contribution in [2.24, 2.45) is 7.05 Å². The van der Waals surface area contributed by atoms with Crippen LogP contribution >= 0.6 is 11.8 Å². The highest BCUT2D eigenvalue weighted by Crippen LogP contribution is 2.27. The molecule has 3 rings (SSSR count). The van der Waals surface area contributed by atoms with E-state index in [1.807, 2.05) is 7.05 Å². The van der Waals surface area contributed by atoms with E-state index < -0.39 is 11.5 Å². The molecule has 0 unspecified atom stereocenters. The number of thioether (sulfide) groups is 1. The third kappa shape index (κ3) is 4.34. The molecule has 1 aliphatic heterocycles. The highest BCUT2D eigenvalue weighted by molar-refractivity contribution is 7.99. The topological polar surface area (TPSA) is 99.2 Å². The van der Waals surface area contributed by atoms with E-state index >= 15 is 0 Å². The van der Waals surface area contributed by atoms with Crippen molar-refractivity contribution in [3.63, 3.8) is 0 Å². The number of carbonyl (C=O) groups is 1. The van der Waals surface area contributed by atoms with Gasteiger partial charge in [-0.2, -0.15) is 0 Å². The molecule has 0 spiro atoms. The maximum Gasteiger partial charge on any atom is 0.349 e. The molecule has 0 aliphatic carbocycles. The Balaban J connectivity index is 1.60. The van der Waals surface area contributed by atoms with Crippen LogP contribution in [0.1, 0.15) is 40.4 Å². The van der Waals surface area contributed by atoms with E-state index in [9.17, 15) is 9.59 Å². The van der Waals surface area contributed by atoms with Crippen LogP contribution in [-0.4, -0.2) is 46.2 Å². The van der Waals surface area contributed by atoms with Crippen LogP contribution in [0.25, 0.3) is 0 Å². The fourth-order valence-corrected chi connectivity index (χ4v) is 3.63. The van der Waals surface area contributed by atoms with Crippen molar-refractivity contribution in [3.8, 4) is 0 Å². The summed E-state index contributed by atoms with van der Waals surface area (Å²) in [6.07, 6.45) is 3.27. The van der Waals surface area contributed by atoms with Crippen molar-refractivity contribution in [1.29, 1.82) is 0 Å². The van der Waals surface area contributed by atoms with Crippen LogP contribution < -0.4 is 10.9 Å². The minimum Gasteiger partial charge on any atom is -0.427 e. The first-order valence-corrected chi connectivity index (χ1v) is 9.52. The lowest BCUT2D eigenvalue weighted by atomic mass is 9.95. The third-order valence-electron chi connectivity index (χ3n) is 4.31. The highest BCUT2D eigenvalue weighted by Gasteiger charge is 2.22. The lowest BCUT2D eigenvalue weighted by molar-refractivity contribution is 0.0795. The molecule has 1 N–H and O–H groups in total. The number of hydrogen-bond acceptors (Lipinski definition) is 7. The van der Waals surface area contributed by atoms with Crippen LogP contribution in [0.5, 0.6) is 0 Å². The summed E-state index contributed by atoms with van der Waals surface area (Å²) in [5.74, 6) is 1.04. The Kier molecular flexibility index (Phi) is 6.10. The van der Waals surface area contributed by atoms with Gasteiger partial charge in [0.2, 0.25) is 0 Å². The van der Waals surface area contributed by atoms with Gasteiger partial charge in [-0.05, 0) is 31.4 Å². The number of nitrogens with zero attached hydrogens (tertiary/aromatic N) is 3. The molecule has 0 atom stereocenters. The summed E-state index contributed by atoms with van der Waals surface area (Å²) in [7, 11) is 1.86. The molecule has 0 saturated carbocycles. The summed E-state index contributed by atoms with van der Waals surface area (Å²) in [6.45, 7) is 3.51. The number of nitrogens with one attached hydrogen (secondary N) is 1. The third-order valence-corrected chi connectivity index (χ3v) is 5.34. The van der Waals surface area contributed by atoms with Gasteiger partial charge in [-0.25, -0.2) is 4.79 Å². The number of aryl methyl sites for hydroxylation is 2. The summed E-state index contributed by atoms with van der Waals surface area (Å²) < 4.78 is 12.6. The maximum atomic E-state index is 12.4. The molecule has 0 aromatic carbocycles. The molecular formula is C17H22N4O4S. The van der Waals surface area contributed by atoms with E-state index in [2.05, 4.69) is 15.5 Å². The first kappa shape index (κ1) is 18.7. The van der Waals surface area contributed by atoms with E-state index in [0.717, 1.165) is 18.0 Å². The number of aromatic nitrogens is 3. The number of rotatable bonds is 6. The van der Waals surface area contributed by atoms with Gasteiger partial charge in [0.05, 0.1) is 0 Å². The molecule has 0 radical (unpaired) electrons. The Hall–Kier alpha value is -2.13. The summed E-state index contributed by atoms with van der Waals surface area (Å²) in [5, 5.41) is 11.3. The molecule has 1 saturated heterocycles. The molecule has 0 bridgehead atoms. The lowest BCUT2D eigenvalue weighted by Gasteiger charge is -2.21. The van der Waals surface area contributed by atoms with Gasteiger partial charge in [-0.1, -0.05) is 11.8 Å². The van der Waals surface area contributed by atoms with Gasteiger partial charge in [-0.15, -0.1) is 10.2 Å². The zero-order valence-electron chi connectivity index (χ0n) is 14.9. The lowest BCUT2D eigenvalue weighted by Crippen LogP contribution is -2.31. The first-order valence-electron chi connectivity index (χ1n) is 8.53. The molecule has 3 heterocycles. The molecule has 8 nitrogen and oxygen atoms in total.